The summed E-state index contributed by atoms with van der Waals surface area (Å²) in [5.41, 5.74) is 0.986. The van der Waals surface area contributed by atoms with Gasteiger partial charge in [0.15, 0.2) is 0 Å². The SMILES string of the molecule is COc1cc(NC(=O)Cc2cc3ccccc3cc2O)c(OC)cc1Cl. The lowest BCUT2D eigenvalue weighted by Gasteiger charge is -2.13. The van der Waals surface area contributed by atoms with Crippen LogP contribution in [0.5, 0.6) is 17.2 Å². The zero-order valence-electron chi connectivity index (χ0n) is 14.4. The number of benzene rings is 3. The Balaban J connectivity index is 1.84. The highest BCUT2D eigenvalue weighted by Gasteiger charge is 2.14. The maximum atomic E-state index is 12.5. The molecule has 0 spiro atoms. The first-order valence-electron chi connectivity index (χ1n) is 7.94. The van der Waals surface area contributed by atoms with Crippen LogP contribution in [-0.4, -0.2) is 25.2 Å². The maximum Gasteiger partial charge on any atom is 0.229 e. The highest BCUT2D eigenvalue weighted by atomic mass is 35.5. The van der Waals surface area contributed by atoms with Gasteiger partial charge in [-0.3, -0.25) is 4.79 Å². The molecule has 0 radical (unpaired) electrons. The first-order chi connectivity index (χ1) is 12.5. The molecule has 2 N–H and O–H groups in total. The summed E-state index contributed by atoms with van der Waals surface area (Å²) in [6, 6.07) is 14.3. The molecule has 0 atom stereocenters. The number of carbonyl (C=O) groups is 1. The molecular weight excluding hydrogens is 354 g/mol. The van der Waals surface area contributed by atoms with Gasteiger partial charge in [0, 0.05) is 17.7 Å². The molecule has 3 rings (SSSR count). The Kier molecular flexibility index (Phi) is 5.19. The van der Waals surface area contributed by atoms with E-state index < -0.39 is 0 Å². The normalized spacial score (nSPS) is 10.6. The summed E-state index contributed by atoms with van der Waals surface area (Å²) in [7, 11) is 2.98. The summed E-state index contributed by atoms with van der Waals surface area (Å²) in [5.74, 6) is 0.640. The molecule has 3 aromatic carbocycles. The number of fused-ring (bicyclic) bond motifs is 1. The van der Waals surface area contributed by atoms with Crippen molar-refractivity contribution in [3.8, 4) is 17.2 Å². The quantitative estimate of drug-likeness (QED) is 0.697. The van der Waals surface area contributed by atoms with Gasteiger partial charge in [-0.05, 0) is 22.9 Å². The molecule has 0 aliphatic carbocycles. The number of amides is 1. The number of anilines is 1. The van der Waals surface area contributed by atoms with E-state index in [4.69, 9.17) is 21.1 Å². The average molecular weight is 372 g/mol. The van der Waals surface area contributed by atoms with Crippen LogP contribution in [0.25, 0.3) is 10.8 Å². The van der Waals surface area contributed by atoms with Crippen LogP contribution in [0.3, 0.4) is 0 Å². The van der Waals surface area contributed by atoms with Crippen molar-refractivity contribution in [1.29, 1.82) is 0 Å². The molecule has 0 bridgehead atoms. The molecule has 0 fully saturated rings. The molecule has 0 unspecified atom stereocenters. The third-order valence-electron chi connectivity index (χ3n) is 4.05. The van der Waals surface area contributed by atoms with E-state index in [1.165, 1.54) is 14.2 Å². The average Bonchev–Trinajstić information content (AvgIpc) is 2.63. The largest absolute Gasteiger partial charge is 0.508 e. The van der Waals surface area contributed by atoms with Crippen LogP contribution in [0.2, 0.25) is 5.02 Å². The van der Waals surface area contributed by atoms with Crippen molar-refractivity contribution in [2.24, 2.45) is 0 Å². The number of carbonyl (C=O) groups excluding carboxylic acids is 1. The minimum absolute atomic E-state index is 0.0186. The highest BCUT2D eigenvalue weighted by Crippen LogP contribution is 2.36. The Bertz CT molecular complexity index is 971. The Morgan fingerprint density at radius 1 is 1.04 bits per heavy atom. The lowest BCUT2D eigenvalue weighted by molar-refractivity contribution is -0.115. The molecule has 5 nitrogen and oxygen atoms in total. The van der Waals surface area contributed by atoms with Crippen LogP contribution < -0.4 is 14.8 Å². The lowest BCUT2D eigenvalue weighted by atomic mass is 10.0. The summed E-state index contributed by atoms with van der Waals surface area (Å²) in [6.07, 6.45) is 0.0186. The van der Waals surface area contributed by atoms with Crippen LogP contribution in [-0.2, 0) is 11.2 Å². The van der Waals surface area contributed by atoms with Gasteiger partial charge in [-0.25, -0.2) is 0 Å². The number of halogens is 1. The summed E-state index contributed by atoms with van der Waals surface area (Å²) in [4.78, 5) is 12.5. The number of aromatic hydroxyl groups is 1. The summed E-state index contributed by atoms with van der Waals surface area (Å²) >= 11 is 6.07. The molecule has 0 saturated carbocycles. The molecule has 3 aromatic rings. The highest BCUT2D eigenvalue weighted by molar-refractivity contribution is 6.32. The smallest absolute Gasteiger partial charge is 0.229 e. The van der Waals surface area contributed by atoms with Gasteiger partial charge >= 0.3 is 0 Å². The molecule has 1 amide bonds. The van der Waals surface area contributed by atoms with Crippen LogP contribution in [0.1, 0.15) is 5.56 Å². The fourth-order valence-electron chi connectivity index (χ4n) is 2.74. The zero-order chi connectivity index (χ0) is 18.7. The van der Waals surface area contributed by atoms with Crippen molar-refractivity contribution in [3.05, 3.63) is 59.1 Å². The van der Waals surface area contributed by atoms with Crippen molar-refractivity contribution in [1.82, 2.24) is 0 Å². The Morgan fingerprint density at radius 3 is 2.35 bits per heavy atom. The molecule has 0 aromatic heterocycles. The first-order valence-corrected chi connectivity index (χ1v) is 8.31. The van der Waals surface area contributed by atoms with E-state index in [0.717, 1.165) is 10.8 Å². The maximum absolute atomic E-state index is 12.5. The standard InChI is InChI=1S/C20H18ClNO4/c1-25-18-11-16(19(26-2)10-15(18)21)22-20(24)9-14-7-12-5-3-4-6-13(12)8-17(14)23/h3-8,10-11,23H,9H2,1-2H3,(H,22,24). The van der Waals surface area contributed by atoms with E-state index in [1.54, 1.807) is 18.2 Å². The van der Waals surface area contributed by atoms with E-state index in [0.29, 0.717) is 27.8 Å². The number of hydrogen-bond donors (Lipinski definition) is 2. The second-order valence-corrected chi connectivity index (χ2v) is 6.15. The molecule has 0 saturated heterocycles. The van der Waals surface area contributed by atoms with Gasteiger partial charge in [-0.2, -0.15) is 0 Å². The fraction of sp³-hybridized carbons (Fsp3) is 0.150. The van der Waals surface area contributed by atoms with Crippen molar-refractivity contribution in [3.63, 3.8) is 0 Å². The van der Waals surface area contributed by atoms with E-state index in [9.17, 15) is 9.90 Å². The van der Waals surface area contributed by atoms with E-state index in [1.807, 2.05) is 30.3 Å². The van der Waals surface area contributed by atoms with Crippen molar-refractivity contribution < 1.29 is 19.4 Å². The number of phenols is 1. The van der Waals surface area contributed by atoms with Gasteiger partial charge in [0.25, 0.3) is 0 Å². The Morgan fingerprint density at radius 2 is 1.69 bits per heavy atom. The number of methoxy groups -OCH3 is 2. The summed E-state index contributed by atoms with van der Waals surface area (Å²) < 4.78 is 10.4. The lowest BCUT2D eigenvalue weighted by Crippen LogP contribution is -2.15. The van der Waals surface area contributed by atoms with Gasteiger partial charge < -0.3 is 19.9 Å². The summed E-state index contributed by atoms with van der Waals surface area (Å²) in [6.45, 7) is 0. The molecule has 26 heavy (non-hydrogen) atoms. The van der Waals surface area contributed by atoms with Gasteiger partial charge in [-0.1, -0.05) is 35.9 Å². The second kappa shape index (κ2) is 7.54. The summed E-state index contributed by atoms with van der Waals surface area (Å²) in [5, 5.41) is 15.2. The van der Waals surface area contributed by atoms with Gasteiger partial charge in [-0.15, -0.1) is 0 Å². The van der Waals surface area contributed by atoms with Gasteiger partial charge in [0.2, 0.25) is 5.91 Å². The second-order valence-electron chi connectivity index (χ2n) is 5.74. The van der Waals surface area contributed by atoms with E-state index in [2.05, 4.69) is 5.32 Å². The third-order valence-corrected chi connectivity index (χ3v) is 4.34. The van der Waals surface area contributed by atoms with E-state index >= 15 is 0 Å². The number of hydrogen-bond acceptors (Lipinski definition) is 4. The molecule has 0 heterocycles. The predicted molar refractivity (Wildman–Crippen MR) is 103 cm³/mol. The molecule has 0 aliphatic rings. The van der Waals surface area contributed by atoms with Crippen LogP contribution >= 0.6 is 11.6 Å². The van der Waals surface area contributed by atoms with E-state index in [-0.39, 0.29) is 18.1 Å². The number of nitrogens with one attached hydrogen (secondary N) is 1. The van der Waals surface area contributed by atoms with Crippen molar-refractivity contribution in [2.45, 2.75) is 6.42 Å². The van der Waals surface area contributed by atoms with Gasteiger partial charge in [0.05, 0.1) is 31.4 Å². The fourth-order valence-corrected chi connectivity index (χ4v) is 2.97. The van der Waals surface area contributed by atoms with Crippen molar-refractivity contribution >= 4 is 34.0 Å². The predicted octanol–water partition coefficient (Wildman–Crippen LogP) is 4.40. The number of phenolic OH excluding ortho intramolecular Hbond substituents is 1. The number of rotatable bonds is 5. The third kappa shape index (κ3) is 3.68. The Hall–Kier alpha value is -2.92. The Labute approximate surface area is 156 Å². The molecule has 6 heteroatoms. The van der Waals surface area contributed by atoms with Crippen molar-refractivity contribution in [2.75, 3.05) is 19.5 Å². The van der Waals surface area contributed by atoms with Crippen LogP contribution in [0, 0.1) is 0 Å². The molecule has 134 valence electrons. The van der Waals surface area contributed by atoms with Crippen LogP contribution in [0.4, 0.5) is 5.69 Å². The molecule has 0 aliphatic heterocycles. The van der Waals surface area contributed by atoms with Gasteiger partial charge in [0.1, 0.15) is 17.2 Å². The monoisotopic (exact) mass is 371 g/mol. The van der Waals surface area contributed by atoms with Crippen LogP contribution in [0.15, 0.2) is 48.5 Å². The number of ether oxygens (including phenoxy) is 2. The first kappa shape index (κ1) is 17.9. The minimum atomic E-state index is -0.293. The zero-order valence-corrected chi connectivity index (χ0v) is 15.1. The molecular formula is C20H18ClNO4. The topological polar surface area (TPSA) is 67.8 Å². The minimum Gasteiger partial charge on any atom is -0.508 e.